The number of rotatable bonds is 4. The molecular formula is C27H30N6O2. The highest BCUT2D eigenvalue weighted by Gasteiger charge is 2.70. The number of anilines is 2. The molecule has 3 aliphatic rings. The molecule has 1 aliphatic heterocycles. The molecule has 5 atom stereocenters. The Hall–Kier alpha value is -3.23. The van der Waals surface area contributed by atoms with Gasteiger partial charge in [-0.25, -0.2) is 15.0 Å². The minimum absolute atomic E-state index is 0.0256. The van der Waals surface area contributed by atoms with E-state index in [1.165, 1.54) is 5.56 Å². The van der Waals surface area contributed by atoms with Crippen molar-refractivity contribution in [3.05, 3.63) is 54.5 Å². The Labute approximate surface area is 203 Å². The minimum atomic E-state index is -0.609. The molecule has 3 fully saturated rings. The second kappa shape index (κ2) is 7.15. The SMILES string of the molecule is CC1(C)O[C@H]2[C@H](n3ccc4c(N)ncnc43)[C@H]3CC[C@@]3(CCc3ccc4ccc(N)nc4c3)[C@H]2O1. The summed E-state index contributed by atoms with van der Waals surface area (Å²) in [7, 11) is 0. The average Bonchev–Trinajstić information content (AvgIpc) is 3.42. The van der Waals surface area contributed by atoms with Crippen LogP contribution in [0.3, 0.4) is 0 Å². The maximum atomic E-state index is 6.63. The molecule has 3 aromatic heterocycles. The highest BCUT2D eigenvalue weighted by molar-refractivity contribution is 5.86. The van der Waals surface area contributed by atoms with Gasteiger partial charge in [-0.05, 0) is 75.3 Å². The minimum Gasteiger partial charge on any atom is -0.384 e. The van der Waals surface area contributed by atoms with Crippen LogP contribution in [0.25, 0.3) is 21.9 Å². The number of aromatic nitrogens is 4. The fourth-order valence-electron chi connectivity index (χ4n) is 7.01. The number of nitrogens with two attached hydrogens (primary N) is 2. The number of ether oxygens (including phenoxy) is 2. The molecule has 4 aromatic rings. The van der Waals surface area contributed by atoms with E-state index < -0.39 is 5.79 Å². The number of hydrogen-bond donors (Lipinski definition) is 2. The summed E-state index contributed by atoms with van der Waals surface area (Å²) in [5.74, 6) is 0.908. The molecular weight excluding hydrogens is 440 g/mol. The van der Waals surface area contributed by atoms with E-state index in [1.54, 1.807) is 6.33 Å². The summed E-state index contributed by atoms with van der Waals surface area (Å²) >= 11 is 0. The van der Waals surface area contributed by atoms with Crippen molar-refractivity contribution < 1.29 is 9.47 Å². The van der Waals surface area contributed by atoms with Crippen molar-refractivity contribution in [1.82, 2.24) is 19.5 Å². The summed E-state index contributed by atoms with van der Waals surface area (Å²) in [6.07, 6.45) is 7.97. The van der Waals surface area contributed by atoms with E-state index in [2.05, 4.69) is 43.9 Å². The first-order chi connectivity index (χ1) is 16.8. The van der Waals surface area contributed by atoms with Gasteiger partial charge in [0.15, 0.2) is 5.79 Å². The number of benzene rings is 1. The van der Waals surface area contributed by atoms with Gasteiger partial charge in [0.25, 0.3) is 0 Å². The Bertz CT molecular complexity index is 1460. The Morgan fingerprint density at radius 1 is 1.09 bits per heavy atom. The standard InChI is InChI=1S/C27H30N6O2/c1-26(2)34-22-21(33-12-9-17-24(29)30-14-31-25(17)33)18-8-11-27(18,23(22)35-26)10-7-15-3-4-16-5-6-20(28)32-19(16)13-15/h3-6,9,12-14,18,21-23H,7-8,10-11H2,1-2H3,(H2,28,32)(H2,29,30,31)/t18-,21-,22+,23+,27-/m1/s1. The number of fused-ring (bicyclic) bond motifs is 5. The van der Waals surface area contributed by atoms with Gasteiger partial charge >= 0.3 is 0 Å². The smallest absolute Gasteiger partial charge is 0.163 e. The van der Waals surface area contributed by atoms with Gasteiger partial charge < -0.3 is 25.5 Å². The van der Waals surface area contributed by atoms with Crippen molar-refractivity contribution in [2.75, 3.05) is 11.5 Å². The number of aryl methyl sites for hydroxylation is 1. The predicted molar refractivity (Wildman–Crippen MR) is 134 cm³/mol. The highest BCUT2D eigenvalue weighted by atomic mass is 16.8. The van der Waals surface area contributed by atoms with Crippen molar-refractivity contribution in [3.8, 4) is 0 Å². The normalized spacial score (nSPS) is 30.9. The van der Waals surface area contributed by atoms with Crippen LogP contribution in [0, 0.1) is 11.3 Å². The van der Waals surface area contributed by atoms with Gasteiger partial charge in [-0.3, -0.25) is 0 Å². The largest absolute Gasteiger partial charge is 0.384 e. The summed E-state index contributed by atoms with van der Waals surface area (Å²) < 4.78 is 15.5. The van der Waals surface area contributed by atoms with Crippen molar-refractivity contribution in [2.24, 2.45) is 11.3 Å². The van der Waals surface area contributed by atoms with Crippen LogP contribution in [0.1, 0.15) is 44.7 Å². The van der Waals surface area contributed by atoms with Crippen molar-refractivity contribution in [2.45, 2.75) is 63.6 Å². The molecule has 4 heterocycles. The van der Waals surface area contributed by atoms with Gasteiger partial charge in [0.1, 0.15) is 29.7 Å². The Balaban J connectivity index is 1.24. The predicted octanol–water partition coefficient (Wildman–Crippen LogP) is 4.25. The van der Waals surface area contributed by atoms with Crippen molar-refractivity contribution >= 4 is 33.6 Å². The molecule has 0 amide bonds. The molecule has 0 unspecified atom stereocenters. The first-order valence-electron chi connectivity index (χ1n) is 12.4. The van der Waals surface area contributed by atoms with Gasteiger partial charge in [0.2, 0.25) is 0 Å². The number of nitrogen functional groups attached to an aromatic ring is 2. The van der Waals surface area contributed by atoms with Gasteiger partial charge in [-0.15, -0.1) is 0 Å². The van der Waals surface area contributed by atoms with Crippen molar-refractivity contribution in [3.63, 3.8) is 0 Å². The molecule has 2 saturated carbocycles. The Morgan fingerprint density at radius 2 is 1.94 bits per heavy atom. The van der Waals surface area contributed by atoms with E-state index >= 15 is 0 Å². The second-order valence-corrected chi connectivity index (χ2v) is 10.9. The maximum Gasteiger partial charge on any atom is 0.163 e. The van der Waals surface area contributed by atoms with E-state index in [1.807, 2.05) is 32.0 Å². The van der Waals surface area contributed by atoms with E-state index in [-0.39, 0.29) is 23.7 Å². The van der Waals surface area contributed by atoms with E-state index in [9.17, 15) is 0 Å². The van der Waals surface area contributed by atoms with Gasteiger partial charge in [0, 0.05) is 17.0 Å². The number of pyridine rings is 1. The average molecular weight is 471 g/mol. The lowest BCUT2D eigenvalue weighted by Gasteiger charge is -2.50. The number of nitrogens with zero attached hydrogens (tertiary/aromatic N) is 4. The molecule has 1 aromatic carbocycles. The van der Waals surface area contributed by atoms with Gasteiger partial charge in [0.05, 0.1) is 23.0 Å². The van der Waals surface area contributed by atoms with Crippen molar-refractivity contribution in [1.29, 1.82) is 0 Å². The zero-order chi connectivity index (χ0) is 23.9. The lowest BCUT2D eigenvalue weighted by Crippen LogP contribution is -2.47. The fourth-order valence-corrected chi connectivity index (χ4v) is 7.01. The van der Waals surface area contributed by atoms with E-state index in [0.717, 1.165) is 47.6 Å². The van der Waals surface area contributed by atoms with E-state index in [0.29, 0.717) is 17.6 Å². The third kappa shape index (κ3) is 3.02. The Kier molecular flexibility index (Phi) is 4.31. The summed E-state index contributed by atoms with van der Waals surface area (Å²) in [5, 5.41) is 2.00. The van der Waals surface area contributed by atoms with Crippen LogP contribution >= 0.6 is 0 Å². The molecule has 0 bridgehead atoms. The molecule has 35 heavy (non-hydrogen) atoms. The van der Waals surface area contributed by atoms with Crippen LogP contribution in [-0.4, -0.2) is 37.5 Å². The molecule has 4 N–H and O–H groups in total. The zero-order valence-electron chi connectivity index (χ0n) is 20.0. The monoisotopic (exact) mass is 470 g/mol. The molecule has 8 nitrogen and oxygen atoms in total. The molecule has 1 saturated heterocycles. The first-order valence-corrected chi connectivity index (χ1v) is 12.4. The first kappa shape index (κ1) is 21.1. The quantitative estimate of drug-likeness (QED) is 0.458. The number of hydrogen-bond acceptors (Lipinski definition) is 7. The van der Waals surface area contributed by atoms with Crippen LogP contribution < -0.4 is 11.5 Å². The van der Waals surface area contributed by atoms with Gasteiger partial charge in [-0.2, -0.15) is 0 Å². The van der Waals surface area contributed by atoms with Crippen LogP contribution in [0.4, 0.5) is 11.6 Å². The summed E-state index contributed by atoms with van der Waals surface area (Å²) in [6, 6.07) is 12.6. The van der Waals surface area contributed by atoms with E-state index in [4.69, 9.17) is 20.9 Å². The lowest BCUT2D eigenvalue weighted by atomic mass is 9.58. The van der Waals surface area contributed by atoms with Crippen LogP contribution in [0.5, 0.6) is 0 Å². The van der Waals surface area contributed by atoms with Gasteiger partial charge in [-0.1, -0.05) is 12.1 Å². The second-order valence-electron chi connectivity index (χ2n) is 10.9. The zero-order valence-corrected chi connectivity index (χ0v) is 20.0. The van der Waals surface area contributed by atoms with Crippen LogP contribution in [0.2, 0.25) is 0 Å². The molecule has 0 radical (unpaired) electrons. The topological polar surface area (TPSA) is 114 Å². The molecule has 180 valence electrons. The molecule has 7 rings (SSSR count). The lowest BCUT2D eigenvalue weighted by molar-refractivity contribution is -0.192. The Morgan fingerprint density at radius 3 is 2.77 bits per heavy atom. The van der Waals surface area contributed by atoms with Crippen LogP contribution in [-0.2, 0) is 15.9 Å². The summed E-state index contributed by atoms with van der Waals surface area (Å²) in [4.78, 5) is 13.3. The fraction of sp³-hybridized carbons (Fsp3) is 0.444. The third-order valence-corrected chi connectivity index (χ3v) is 8.62. The summed E-state index contributed by atoms with van der Waals surface area (Å²) in [5.41, 5.74) is 15.2. The summed E-state index contributed by atoms with van der Waals surface area (Å²) in [6.45, 7) is 4.05. The highest BCUT2D eigenvalue weighted by Crippen LogP contribution is 2.68. The molecule has 2 aliphatic carbocycles. The van der Waals surface area contributed by atoms with Crippen LogP contribution in [0.15, 0.2) is 48.9 Å². The third-order valence-electron chi connectivity index (χ3n) is 8.62. The molecule has 8 heteroatoms. The maximum absolute atomic E-state index is 6.63. The molecule has 0 spiro atoms.